The van der Waals surface area contributed by atoms with Crippen molar-refractivity contribution in [3.8, 4) is 11.3 Å². The number of fused-ring (bicyclic) bond motifs is 4. The average Bonchev–Trinajstić information content (AvgIpc) is 3.73. The molecule has 2 N–H and O–H groups in total. The number of thiazole rings is 1. The molecule has 4 heterocycles. The monoisotopic (exact) mass is 577 g/mol. The van der Waals surface area contributed by atoms with Gasteiger partial charge in [-0.05, 0) is 112 Å². The summed E-state index contributed by atoms with van der Waals surface area (Å²) in [5.41, 5.74) is 6.56. The van der Waals surface area contributed by atoms with Gasteiger partial charge in [-0.25, -0.2) is 13.8 Å². The van der Waals surface area contributed by atoms with Crippen LogP contribution in [0.15, 0.2) is 30.5 Å². The van der Waals surface area contributed by atoms with E-state index in [0.29, 0.717) is 36.2 Å². The zero-order valence-electron chi connectivity index (χ0n) is 23.4. The number of amides is 1. The van der Waals surface area contributed by atoms with Crippen LogP contribution in [0.25, 0.3) is 26.4 Å². The van der Waals surface area contributed by atoms with Crippen LogP contribution in [0.2, 0.25) is 0 Å². The molecule has 2 aromatic carbocycles. The fourth-order valence-electron chi connectivity index (χ4n) is 6.97. The minimum Gasteiger partial charge on any atom is -0.352 e. The first-order valence-corrected chi connectivity index (χ1v) is 16.0. The summed E-state index contributed by atoms with van der Waals surface area (Å²) in [6.07, 6.45) is 9.69. The van der Waals surface area contributed by atoms with Crippen LogP contribution >= 0.6 is 11.3 Å². The number of nitrogens with zero attached hydrogens (tertiary/aromatic N) is 3. The van der Waals surface area contributed by atoms with Crippen LogP contribution in [0.4, 0.5) is 8.78 Å². The van der Waals surface area contributed by atoms with Gasteiger partial charge >= 0.3 is 0 Å². The lowest BCUT2D eigenvalue weighted by Gasteiger charge is -2.28. The van der Waals surface area contributed by atoms with Crippen molar-refractivity contribution in [1.29, 1.82) is 0 Å². The lowest BCUT2D eigenvalue weighted by Crippen LogP contribution is -2.36. The summed E-state index contributed by atoms with van der Waals surface area (Å²) < 4.78 is 32.1. The van der Waals surface area contributed by atoms with E-state index in [-0.39, 0.29) is 17.8 Å². The summed E-state index contributed by atoms with van der Waals surface area (Å²) in [5.74, 6) is -0.262. The van der Waals surface area contributed by atoms with Crippen molar-refractivity contribution < 1.29 is 13.6 Å². The molecule has 0 radical (unpaired) electrons. The summed E-state index contributed by atoms with van der Waals surface area (Å²) in [4.78, 5) is 20.8. The largest absolute Gasteiger partial charge is 0.352 e. The first-order valence-electron chi connectivity index (χ1n) is 15.2. The molecule has 1 aliphatic carbocycles. The Morgan fingerprint density at radius 3 is 2.73 bits per heavy atom. The van der Waals surface area contributed by atoms with E-state index >= 15 is 4.39 Å². The predicted octanol–water partition coefficient (Wildman–Crippen LogP) is 6.21. The van der Waals surface area contributed by atoms with E-state index < -0.39 is 6.17 Å². The maximum absolute atomic E-state index is 15.8. The third kappa shape index (κ3) is 5.28. The third-order valence-electron chi connectivity index (χ3n) is 9.14. The van der Waals surface area contributed by atoms with Crippen molar-refractivity contribution in [2.75, 3.05) is 32.7 Å². The van der Waals surface area contributed by atoms with Gasteiger partial charge in [0.05, 0.1) is 15.9 Å². The molecule has 9 heteroatoms. The van der Waals surface area contributed by atoms with Gasteiger partial charge in [-0.15, -0.1) is 0 Å². The van der Waals surface area contributed by atoms with Gasteiger partial charge in [-0.3, -0.25) is 9.20 Å². The highest BCUT2D eigenvalue weighted by Gasteiger charge is 2.28. The molecule has 2 fully saturated rings. The molecular formula is C32H37F2N5OS. The van der Waals surface area contributed by atoms with Crippen molar-refractivity contribution in [1.82, 2.24) is 24.9 Å². The molecule has 41 heavy (non-hydrogen) atoms. The van der Waals surface area contributed by atoms with Gasteiger partial charge in [0, 0.05) is 43.0 Å². The van der Waals surface area contributed by atoms with Crippen molar-refractivity contribution in [2.45, 2.75) is 70.0 Å². The average molecular weight is 578 g/mol. The highest BCUT2D eigenvalue weighted by atomic mass is 32.1. The maximum Gasteiger partial charge on any atom is 0.251 e. The van der Waals surface area contributed by atoms with Crippen molar-refractivity contribution in [3.05, 3.63) is 58.5 Å². The third-order valence-corrected chi connectivity index (χ3v) is 10.2. The molecule has 3 aliphatic rings. The summed E-state index contributed by atoms with van der Waals surface area (Å²) in [6, 6.07) is 7.75. The van der Waals surface area contributed by atoms with E-state index in [1.165, 1.54) is 16.9 Å². The van der Waals surface area contributed by atoms with E-state index in [0.717, 1.165) is 97.4 Å². The Hall–Kier alpha value is -2.88. The Morgan fingerprint density at radius 2 is 1.93 bits per heavy atom. The number of piperidine rings is 1. The molecule has 1 atom stereocenters. The number of imidazole rings is 1. The molecule has 216 valence electrons. The Balaban J connectivity index is 1.09. The number of hydrogen-bond acceptors (Lipinski definition) is 5. The van der Waals surface area contributed by atoms with Crippen molar-refractivity contribution >= 4 is 32.4 Å². The number of halogens is 2. The molecule has 0 spiro atoms. The predicted molar refractivity (Wildman–Crippen MR) is 160 cm³/mol. The van der Waals surface area contributed by atoms with Gasteiger partial charge in [-0.1, -0.05) is 11.3 Å². The number of alkyl halides is 1. The van der Waals surface area contributed by atoms with Gasteiger partial charge in [0.25, 0.3) is 5.91 Å². The van der Waals surface area contributed by atoms with Gasteiger partial charge in [-0.2, -0.15) is 0 Å². The van der Waals surface area contributed by atoms with E-state index in [2.05, 4.69) is 15.5 Å². The van der Waals surface area contributed by atoms with Crippen LogP contribution in [0.1, 0.15) is 78.0 Å². The molecule has 4 aromatic rings. The van der Waals surface area contributed by atoms with Crippen LogP contribution in [0, 0.1) is 5.82 Å². The van der Waals surface area contributed by atoms with Crippen LogP contribution in [-0.2, 0) is 12.8 Å². The molecule has 6 nitrogen and oxygen atoms in total. The first-order chi connectivity index (χ1) is 20.0. The fraction of sp³-hybridized carbons (Fsp3) is 0.500. The highest BCUT2D eigenvalue weighted by Crippen LogP contribution is 2.40. The van der Waals surface area contributed by atoms with Crippen LogP contribution in [0.5, 0.6) is 0 Å². The summed E-state index contributed by atoms with van der Waals surface area (Å²) in [6.45, 7) is 4.06. The molecule has 0 unspecified atom stereocenters. The smallest absolute Gasteiger partial charge is 0.251 e. The lowest BCUT2D eigenvalue weighted by molar-refractivity contribution is 0.0950. The number of carbonyl (C=O) groups excluding carboxylic acids is 1. The zero-order valence-corrected chi connectivity index (χ0v) is 24.2. The number of likely N-dealkylation sites (tertiary alicyclic amines) is 1. The molecular weight excluding hydrogens is 540 g/mol. The van der Waals surface area contributed by atoms with E-state index in [1.54, 1.807) is 6.07 Å². The van der Waals surface area contributed by atoms with Crippen LogP contribution in [0.3, 0.4) is 0 Å². The number of aromatic nitrogens is 2. The topological polar surface area (TPSA) is 61.7 Å². The molecule has 0 saturated carbocycles. The normalized spacial score (nSPS) is 20.2. The summed E-state index contributed by atoms with van der Waals surface area (Å²) in [7, 11) is 0. The fourth-order valence-corrected chi connectivity index (χ4v) is 8.02. The molecule has 0 bridgehead atoms. The number of nitrogens with one attached hydrogen (secondary N) is 2. The number of benzene rings is 2. The molecule has 7 rings (SSSR count). The Morgan fingerprint density at radius 1 is 1.10 bits per heavy atom. The Kier molecular flexibility index (Phi) is 7.52. The van der Waals surface area contributed by atoms with Crippen molar-refractivity contribution in [3.63, 3.8) is 0 Å². The molecule has 1 amide bonds. The van der Waals surface area contributed by atoms with E-state index in [4.69, 9.17) is 4.98 Å². The second kappa shape index (κ2) is 11.4. The van der Waals surface area contributed by atoms with E-state index in [1.807, 2.05) is 28.8 Å². The summed E-state index contributed by atoms with van der Waals surface area (Å²) >= 11 is 1.52. The van der Waals surface area contributed by atoms with Gasteiger partial charge in [0.15, 0.2) is 4.96 Å². The van der Waals surface area contributed by atoms with Gasteiger partial charge in [0.1, 0.15) is 12.0 Å². The SMILES string of the molecule is O=C(NCCCN1CCC(F)CC1)c1ccc2c(c1)sc1nc(-c3c(F)cc([C@H]4CCCN4)c4c3CCCC4)cn12. The van der Waals surface area contributed by atoms with E-state index in [9.17, 15) is 9.18 Å². The minimum atomic E-state index is -0.662. The quantitative estimate of drug-likeness (QED) is 0.256. The minimum absolute atomic E-state index is 0.0911. The molecule has 2 saturated heterocycles. The standard InChI is InChI=1S/C32H37F2N5OS/c33-21-10-15-38(16-11-21)14-4-13-36-31(40)20-8-9-28-29(17-20)41-32-37-27(19-39(28)32)30-23-6-2-1-5-22(23)24(18-25(30)34)26-7-3-12-35-26/h8-9,17-19,21,26,35H,1-7,10-16H2,(H,36,40)/t26-/m1/s1. The zero-order chi connectivity index (χ0) is 27.9. The van der Waals surface area contributed by atoms with Gasteiger partial charge < -0.3 is 15.5 Å². The van der Waals surface area contributed by atoms with Gasteiger partial charge in [0.2, 0.25) is 0 Å². The number of hydrogen-bond donors (Lipinski definition) is 2. The second-order valence-corrected chi connectivity index (χ2v) is 12.8. The second-order valence-electron chi connectivity index (χ2n) is 11.8. The Labute approximate surface area is 243 Å². The lowest BCUT2D eigenvalue weighted by atomic mass is 9.82. The molecule has 2 aromatic heterocycles. The van der Waals surface area contributed by atoms with Crippen LogP contribution < -0.4 is 10.6 Å². The summed E-state index contributed by atoms with van der Waals surface area (Å²) in [5, 5.41) is 6.59. The number of rotatable bonds is 7. The van der Waals surface area contributed by atoms with Crippen molar-refractivity contribution in [2.24, 2.45) is 0 Å². The molecule has 2 aliphatic heterocycles. The maximum atomic E-state index is 15.8. The van der Waals surface area contributed by atoms with Crippen LogP contribution in [-0.4, -0.2) is 59.1 Å². The first kappa shape index (κ1) is 27.0. The Bertz CT molecular complexity index is 1580. The highest BCUT2D eigenvalue weighted by molar-refractivity contribution is 7.23. The number of carbonyl (C=O) groups is 1.